The standard InChI is InChI=1S/C16H13FN2O2.ClH/c1-20-11-3-4-12-14(9-11)19-7-6-15(12)21-16-5-2-10(18)8-13(16)17;/h2-9H,18H2,1H3;1H. The van der Waals surface area contributed by atoms with Gasteiger partial charge in [-0.25, -0.2) is 4.39 Å². The van der Waals surface area contributed by atoms with Crippen LogP contribution in [0.2, 0.25) is 0 Å². The lowest BCUT2D eigenvalue weighted by atomic mass is 10.2. The number of rotatable bonds is 3. The Labute approximate surface area is 133 Å². The summed E-state index contributed by atoms with van der Waals surface area (Å²) >= 11 is 0. The maximum Gasteiger partial charge on any atom is 0.167 e. The Morgan fingerprint density at radius 3 is 2.59 bits per heavy atom. The number of methoxy groups -OCH3 is 1. The predicted molar refractivity (Wildman–Crippen MR) is 86.4 cm³/mol. The van der Waals surface area contributed by atoms with E-state index in [9.17, 15) is 4.39 Å². The molecule has 4 nitrogen and oxygen atoms in total. The number of benzene rings is 2. The molecule has 6 heteroatoms. The Morgan fingerprint density at radius 2 is 1.86 bits per heavy atom. The Kier molecular flexibility index (Phi) is 4.68. The van der Waals surface area contributed by atoms with Gasteiger partial charge < -0.3 is 15.2 Å². The predicted octanol–water partition coefficient (Wildman–Crippen LogP) is 4.18. The summed E-state index contributed by atoms with van der Waals surface area (Å²) in [4.78, 5) is 4.25. The van der Waals surface area contributed by atoms with Crippen LogP contribution >= 0.6 is 12.4 Å². The fourth-order valence-electron chi connectivity index (χ4n) is 2.04. The number of nitrogen functional groups attached to an aromatic ring is 1. The Bertz CT molecular complexity index is 811. The minimum atomic E-state index is -0.506. The highest BCUT2D eigenvalue weighted by Gasteiger charge is 2.09. The van der Waals surface area contributed by atoms with Crippen LogP contribution in [0.3, 0.4) is 0 Å². The molecule has 0 saturated carbocycles. The molecule has 0 saturated heterocycles. The molecule has 3 rings (SSSR count). The summed E-state index contributed by atoms with van der Waals surface area (Å²) in [5, 5.41) is 0.773. The van der Waals surface area contributed by atoms with Gasteiger partial charge in [0.05, 0.1) is 12.6 Å². The zero-order valence-corrected chi connectivity index (χ0v) is 12.6. The number of nitrogens with zero attached hydrogens (tertiary/aromatic N) is 1. The average molecular weight is 321 g/mol. The molecule has 0 aliphatic heterocycles. The molecule has 0 fully saturated rings. The minimum Gasteiger partial charge on any atom is -0.497 e. The molecule has 1 aromatic heterocycles. The number of anilines is 1. The molecule has 0 unspecified atom stereocenters. The molecule has 0 atom stereocenters. The highest BCUT2D eigenvalue weighted by molar-refractivity contribution is 5.86. The van der Waals surface area contributed by atoms with Crippen molar-refractivity contribution < 1.29 is 13.9 Å². The number of nitrogens with two attached hydrogens (primary N) is 1. The van der Waals surface area contributed by atoms with Gasteiger partial charge in [0.15, 0.2) is 11.6 Å². The summed E-state index contributed by atoms with van der Waals surface area (Å²) < 4.78 is 24.6. The normalized spacial score (nSPS) is 10.1. The van der Waals surface area contributed by atoms with Gasteiger partial charge in [0.2, 0.25) is 0 Å². The van der Waals surface area contributed by atoms with Crippen LogP contribution in [0.1, 0.15) is 0 Å². The lowest BCUT2D eigenvalue weighted by molar-refractivity contribution is 0.415. The van der Waals surface area contributed by atoms with Gasteiger partial charge in [-0.05, 0) is 30.3 Å². The lowest BCUT2D eigenvalue weighted by Crippen LogP contribution is -1.93. The maximum absolute atomic E-state index is 13.8. The molecule has 114 valence electrons. The van der Waals surface area contributed by atoms with E-state index in [1.54, 1.807) is 37.6 Å². The van der Waals surface area contributed by atoms with E-state index in [0.717, 1.165) is 5.39 Å². The fraction of sp³-hybridized carbons (Fsp3) is 0.0625. The van der Waals surface area contributed by atoms with Crippen LogP contribution in [-0.2, 0) is 0 Å². The van der Waals surface area contributed by atoms with Gasteiger partial charge in [-0.2, -0.15) is 0 Å². The summed E-state index contributed by atoms with van der Waals surface area (Å²) in [5.74, 6) is 0.832. The number of ether oxygens (including phenoxy) is 2. The fourth-order valence-corrected chi connectivity index (χ4v) is 2.04. The molecule has 1 heterocycles. The topological polar surface area (TPSA) is 57.4 Å². The van der Waals surface area contributed by atoms with Crippen LogP contribution in [0.25, 0.3) is 10.9 Å². The first-order valence-electron chi connectivity index (χ1n) is 6.33. The van der Waals surface area contributed by atoms with Gasteiger partial charge in [0, 0.05) is 29.4 Å². The van der Waals surface area contributed by atoms with Gasteiger partial charge in [0.25, 0.3) is 0 Å². The summed E-state index contributed by atoms with van der Waals surface area (Å²) in [6.45, 7) is 0. The quantitative estimate of drug-likeness (QED) is 0.735. The molecule has 3 aromatic rings. The highest BCUT2D eigenvalue weighted by atomic mass is 35.5. The van der Waals surface area contributed by atoms with E-state index in [-0.39, 0.29) is 18.2 Å². The van der Waals surface area contributed by atoms with Crippen LogP contribution in [0.4, 0.5) is 10.1 Å². The number of hydrogen-bond donors (Lipinski definition) is 1. The maximum atomic E-state index is 13.8. The smallest absolute Gasteiger partial charge is 0.167 e. The first-order valence-corrected chi connectivity index (χ1v) is 6.33. The molecule has 0 aliphatic rings. The third-order valence-corrected chi connectivity index (χ3v) is 3.09. The zero-order valence-electron chi connectivity index (χ0n) is 11.7. The highest BCUT2D eigenvalue weighted by Crippen LogP contribution is 2.32. The molecular formula is C16H14ClFN2O2. The van der Waals surface area contributed by atoms with Crippen molar-refractivity contribution in [2.45, 2.75) is 0 Å². The van der Waals surface area contributed by atoms with Crippen molar-refractivity contribution in [2.75, 3.05) is 12.8 Å². The SMILES string of the molecule is COc1ccc2c(Oc3ccc(N)cc3F)ccnc2c1.Cl. The zero-order chi connectivity index (χ0) is 14.8. The van der Waals surface area contributed by atoms with Gasteiger partial charge in [-0.3, -0.25) is 4.98 Å². The minimum absolute atomic E-state index is 0. The summed E-state index contributed by atoms with van der Waals surface area (Å²) in [7, 11) is 1.59. The van der Waals surface area contributed by atoms with Crippen LogP contribution in [0.5, 0.6) is 17.2 Å². The molecule has 2 N–H and O–H groups in total. The van der Waals surface area contributed by atoms with Crippen molar-refractivity contribution in [1.29, 1.82) is 0 Å². The second kappa shape index (κ2) is 6.49. The van der Waals surface area contributed by atoms with Crippen LogP contribution in [0.15, 0.2) is 48.7 Å². The number of halogens is 2. The number of aromatic nitrogens is 1. The second-order valence-corrected chi connectivity index (χ2v) is 4.48. The van der Waals surface area contributed by atoms with Crippen molar-refractivity contribution in [3.05, 3.63) is 54.5 Å². The summed E-state index contributed by atoms with van der Waals surface area (Å²) in [6.07, 6.45) is 1.60. The first kappa shape index (κ1) is 15.9. The van der Waals surface area contributed by atoms with Crippen molar-refractivity contribution in [3.8, 4) is 17.2 Å². The van der Waals surface area contributed by atoms with E-state index in [1.807, 2.05) is 6.07 Å². The summed E-state index contributed by atoms with van der Waals surface area (Å²) in [5.41, 5.74) is 6.59. The van der Waals surface area contributed by atoms with Crippen molar-refractivity contribution in [2.24, 2.45) is 0 Å². The molecule has 22 heavy (non-hydrogen) atoms. The lowest BCUT2D eigenvalue weighted by Gasteiger charge is -2.10. The summed E-state index contributed by atoms with van der Waals surface area (Å²) in [6, 6.07) is 11.4. The van der Waals surface area contributed by atoms with Gasteiger partial charge in [0.1, 0.15) is 11.5 Å². The van der Waals surface area contributed by atoms with Gasteiger partial charge in [-0.15, -0.1) is 12.4 Å². The van der Waals surface area contributed by atoms with E-state index >= 15 is 0 Å². The third-order valence-electron chi connectivity index (χ3n) is 3.09. The molecule has 0 radical (unpaired) electrons. The van der Waals surface area contributed by atoms with Crippen LogP contribution < -0.4 is 15.2 Å². The second-order valence-electron chi connectivity index (χ2n) is 4.48. The third kappa shape index (κ3) is 3.04. The van der Waals surface area contributed by atoms with E-state index in [4.69, 9.17) is 15.2 Å². The Morgan fingerprint density at radius 1 is 1.05 bits per heavy atom. The van der Waals surface area contributed by atoms with Crippen molar-refractivity contribution in [3.63, 3.8) is 0 Å². The number of hydrogen-bond acceptors (Lipinski definition) is 4. The monoisotopic (exact) mass is 320 g/mol. The van der Waals surface area contributed by atoms with Crippen LogP contribution in [-0.4, -0.2) is 12.1 Å². The Hall–Kier alpha value is -2.53. The molecule has 2 aromatic carbocycles. The van der Waals surface area contributed by atoms with Crippen molar-refractivity contribution >= 4 is 29.0 Å². The number of pyridine rings is 1. The largest absolute Gasteiger partial charge is 0.497 e. The number of fused-ring (bicyclic) bond motifs is 1. The van der Waals surface area contributed by atoms with Gasteiger partial charge >= 0.3 is 0 Å². The molecule has 0 amide bonds. The van der Waals surface area contributed by atoms with E-state index in [2.05, 4.69) is 4.98 Å². The van der Waals surface area contributed by atoms with Crippen molar-refractivity contribution in [1.82, 2.24) is 4.98 Å². The molecule has 0 bridgehead atoms. The van der Waals surface area contributed by atoms with E-state index in [1.165, 1.54) is 12.1 Å². The molecular weight excluding hydrogens is 307 g/mol. The first-order chi connectivity index (χ1) is 10.2. The van der Waals surface area contributed by atoms with Crippen LogP contribution in [0, 0.1) is 5.82 Å². The Balaban J connectivity index is 0.00000176. The van der Waals surface area contributed by atoms with E-state index in [0.29, 0.717) is 22.7 Å². The molecule has 0 aliphatic carbocycles. The average Bonchev–Trinajstić information content (AvgIpc) is 2.49. The van der Waals surface area contributed by atoms with Gasteiger partial charge in [-0.1, -0.05) is 0 Å². The van der Waals surface area contributed by atoms with E-state index < -0.39 is 5.82 Å². The molecule has 0 spiro atoms.